The monoisotopic (exact) mass is 986 g/mol. The molecule has 2 aliphatic rings. The Bertz CT molecular complexity index is 3610. The Kier molecular flexibility index (Phi) is 15.3. The summed E-state index contributed by atoms with van der Waals surface area (Å²) in [4.78, 5) is 2.54. The molecule has 0 amide bonds. The number of nitrogens with one attached hydrogen (secondary N) is 1. The van der Waals surface area contributed by atoms with Crippen molar-refractivity contribution < 1.29 is 0 Å². The zero-order valence-corrected chi connectivity index (χ0v) is 47.6. The maximum Gasteiger partial charge on any atom is 0.0637 e. The second-order valence-electron chi connectivity index (χ2n) is 21.7. The lowest BCUT2D eigenvalue weighted by Crippen LogP contribution is -2.23. The molecule has 0 fully saturated rings. The van der Waals surface area contributed by atoms with Gasteiger partial charge < -0.3 is 14.8 Å². The van der Waals surface area contributed by atoms with Crippen molar-refractivity contribution in [1.82, 2.24) is 4.57 Å². The van der Waals surface area contributed by atoms with Crippen molar-refractivity contribution in [3.05, 3.63) is 233 Å². The van der Waals surface area contributed by atoms with Crippen LogP contribution in [0.25, 0.3) is 56.4 Å². The van der Waals surface area contributed by atoms with Crippen molar-refractivity contribution in [2.75, 3.05) is 10.2 Å². The first kappa shape index (κ1) is 53.7. The van der Waals surface area contributed by atoms with Crippen molar-refractivity contribution in [2.24, 2.45) is 5.41 Å². The van der Waals surface area contributed by atoms with Gasteiger partial charge >= 0.3 is 0 Å². The molecule has 0 unspecified atom stereocenters. The van der Waals surface area contributed by atoms with E-state index in [-0.39, 0.29) is 10.8 Å². The lowest BCUT2D eigenvalue weighted by molar-refractivity contribution is 0.517. The molecule has 1 aromatic heterocycles. The van der Waals surface area contributed by atoms with Gasteiger partial charge in [0.25, 0.3) is 0 Å². The van der Waals surface area contributed by atoms with Gasteiger partial charge in [0.05, 0.1) is 22.4 Å². The SMILES string of the molecule is C=C(/C=C(\C=C/C)C(C)(C)C)c1ccc2c(c1Nc1ccccc1)C=Cc1c(cc(N(c3ccc(C)c(C)c3)c3ccc4c(c3)C(C)(C)c3ccccc3-4)c3c4ccccc4n(C(=C)/C=C\C)c13)C2(C)C.CC.CC. The Morgan fingerprint density at radius 1 is 0.600 bits per heavy atom. The fourth-order valence-electron chi connectivity index (χ4n) is 11.4. The summed E-state index contributed by atoms with van der Waals surface area (Å²) in [6.45, 7) is 42.5. The summed E-state index contributed by atoms with van der Waals surface area (Å²) in [5, 5.41) is 6.30. The third-order valence-electron chi connectivity index (χ3n) is 15.4. The molecule has 7 aromatic carbocycles. The van der Waals surface area contributed by atoms with E-state index in [2.05, 4.69) is 267 Å². The van der Waals surface area contributed by atoms with E-state index < -0.39 is 5.41 Å². The minimum absolute atomic E-state index is 0.0671. The molecule has 0 saturated heterocycles. The van der Waals surface area contributed by atoms with Crippen LogP contribution in [0.1, 0.15) is 140 Å². The van der Waals surface area contributed by atoms with Crippen molar-refractivity contribution >= 4 is 73.7 Å². The molecular weight excluding hydrogens is 907 g/mol. The van der Waals surface area contributed by atoms with Crippen LogP contribution in [0.3, 0.4) is 0 Å². The van der Waals surface area contributed by atoms with Crippen molar-refractivity contribution in [3.8, 4) is 11.1 Å². The van der Waals surface area contributed by atoms with Crippen LogP contribution >= 0.6 is 0 Å². The highest BCUT2D eigenvalue weighted by atomic mass is 15.1. The number of nitrogens with zero attached hydrogens (tertiary/aromatic N) is 2. The van der Waals surface area contributed by atoms with Gasteiger partial charge in [0.2, 0.25) is 0 Å². The fourth-order valence-corrected chi connectivity index (χ4v) is 11.4. The lowest BCUT2D eigenvalue weighted by atomic mass is 9.74. The Labute approximate surface area is 450 Å². The Balaban J connectivity index is 0.00000182. The summed E-state index contributed by atoms with van der Waals surface area (Å²) in [5.41, 5.74) is 23.7. The van der Waals surface area contributed by atoms with E-state index in [9.17, 15) is 0 Å². The molecule has 0 bridgehead atoms. The Morgan fingerprint density at radius 3 is 1.91 bits per heavy atom. The van der Waals surface area contributed by atoms with E-state index in [0.29, 0.717) is 0 Å². The van der Waals surface area contributed by atoms with Gasteiger partial charge in [-0.1, -0.05) is 211 Å². The maximum absolute atomic E-state index is 4.78. The van der Waals surface area contributed by atoms with E-state index in [4.69, 9.17) is 13.2 Å². The van der Waals surface area contributed by atoms with Crippen LogP contribution in [0.2, 0.25) is 0 Å². The van der Waals surface area contributed by atoms with Crippen LogP contribution < -0.4 is 10.2 Å². The van der Waals surface area contributed by atoms with E-state index in [1.165, 1.54) is 66.4 Å². The molecule has 0 saturated carbocycles. The number of benzene rings is 7. The van der Waals surface area contributed by atoms with Gasteiger partial charge in [-0.2, -0.15) is 0 Å². The summed E-state index contributed by atoms with van der Waals surface area (Å²) in [7, 11) is 0. The van der Waals surface area contributed by atoms with Crippen LogP contribution in [-0.2, 0) is 10.8 Å². The molecule has 8 aromatic rings. The number of hydrogen-bond donors (Lipinski definition) is 1. The van der Waals surface area contributed by atoms with Crippen LogP contribution in [0, 0.1) is 19.3 Å². The summed E-state index contributed by atoms with van der Waals surface area (Å²) >= 11 is 0. The molecule has 2 aliphatic carbocycles. The Hall–Kier alpha value is -7.62. The van der Waals surface area contributed by atoms with Crippen molar-refractivity contribution in [3.63, 3.8) is 0 Å². The highest BCUT2D eigenvalue weighted by molar-refractivity contribution is 6.20. The molecule has 75 heavy (non-hydrogen) atoms. The summed E-state index contributed by atoms with van der Waals surface area (Å²) in [6.07, 6.45) is 15.6. The average molecular weight is 986 g/mol. The lowest BCUT2D eigenvalue weighted by Gasteiger charge is -2.34. The van der Waals surface area contributed by atoms with E-state index in [0.717, 1.165) is 61.9 Å². The van der Waals surface area contributed by atoms with Gasteiger partial charge in [0.15, 0.2) is 0 Å². The molecule has 0 atom stereocenters. The van der Waals surface area contributed by atoms with Gasteiger partial charge in [-0.3, -0.25) is 0 Å². The molecule has 0 aliphatic heterocycles. The summed E-state index contributed by atoms with van der Waals surface area (Å²) in [6, 6.07) is 49.6. The van der Waals surface area contributed by atoms with Gasteiger partial charge in [-0.15, -0.1) is 0 Å². The first-order valence-electron chi connectivity index (χ1n) is 27.2. The van der Waals surface area contributed by atoms with Gasteiger partial charge in [0, 0.05) is 61.1 Å². The summed E-state index contributed by atoms with van der Waals surface area (Å²) < 4.78 is 2.40. The molecule has 1 heterocycles. The van der Waals surface area contributed by atoms with Crippen LogP contribution in [0.4, 0.5) is 28.4 Å². The molecule has 10 rings (SSSR count). The molecule has 382 valence electrons. The first-order valence-corrected chi connectivity index (χ1v) is 27.2. The second-order valence-corrected chi connectivity index (χ2v) is 21.7. The topological polar surface area (TPSA) is 20.2 Å². The highest BCUT2D eigenvalue weighted by Crippen LogP contribution is 2.55. The van der Waals surface area contributed by atoms with Crippen LogP contribution in [0.5, 0.6) is 0 Å². The van der Waals surface area contributed by atoms with Gasteiger partial charge in [0.1, 0.15) is 0 Å². The number of aromatic nitrogens is 1. The quantitative estimate of drug-likeness (QED) is 0.138. The first-order chi connectivity index (χ1) is 35.9. The number of rotatable bonds is 10. The second kappa shape index (κ2) is 21.3. The molecule has 3 nitrogen and oxygen atoms in total. The van der Waals surface area contributed by atoms with Gasteiger partial charge in [-0.25, -0.2) is 0 Å². The number of aryl methyl sites for hydroxylation is 2. The molecular formula is C72H79N3. The number of allylic oxidation sites excluding steroid dienone is 8. The van der Waals surface area contributed by atoms with Crippen molar-refractivity contribution in [1.29, 1.82) is 0 Å². The highest BCUT2D eigenvalue weighted by Gasteiger charge is 2.38. The van der Waals surface area contributed by atoms with E-state index in [1.807, 2.05) is 27.7 Å². The molecule has 0 spiro atoms. The number of fused-ring (bicyclic) bond motifs is 9. The summed E-state index contributed by atoms with van der Waals surface area (Å²) in [5.74, 6) is 0. The molecule has 1 N–H and O–H groups in total. The predicted molar refractivity (Wildman–Crippen MR) is 333 cm³/mol. The third kappa shape index (κ3) is 9.48. The normalized spacial score (nSPS) is 14.0. The standard InChI is InChI=1S/C68H67N3.2C2H6/c1-14-23-46(6)70-61-30-22-20-28-56(61)63-62(71(49-32-31-43(3)44(4)40-49)50-33-34-53-52-27-19-21-29-57(52)67(10,11)59(53)41-50)42-60-55(65(63)70)36-35-54-58(68(60,12)13)38-37-51(64(54)69-48-25-17-16-18-26-48)45(5)39-47(24-15-2)66(7,8)9;2*1-2/h14-42,69H,5-6H2,1-4,7-13H3;2*1-2H3/b23-14-,24-15-,47-39+;;. The molecule has 3 heteroatoms. The van der Waals surface area contributed by atoms with E-state index >= 15 is 0 Å². The average Bonchev–Trinajstić information content (AvgIpc) is 3.88. The number of anilines is 5. The number of hydrogen-bond acceptors (Lipinski definition) is 2. The Morgan fingerprint density at radius 2 is 1.21 bits per heavy atom. The fraction of sp³-hybridized carbons (Fsp3) is 0.250. The predicted octanol–water partition coefficient (Wildman–Crippen LogP) is 21.4. The zero-order valence-electron chi connectivity index (χ0n) is 47.6. The zero-order chi connectivity index (χ0) is 54.1. The number of para-hydroxylation sites is 2. The smallest absolute Gasteiger partial charge is 0.0637 e. The maximum atomic E-state index is 4.78. The third-order valence-corrected chi connectivity index (χ3v) is 15.4. The van der Waals surface area contributed by atoms with Crippen LogP contribution in [0.15, 0.2) is 183 Å². The van der Waals surface area contributed by atoms with E-state index in [1.54, 1.807) is 0 Å². The molecule has 0 radical (unpaired) electrons. The minimum Gasteiger partial charge on any atom is -0.355 e. The van der Waals surface area contributed by atoms with Gasteiger partial charge in [-0.05, 0) is 143 Å². The van der Waals surface area contributed by atoms with Crippen LogP contribution in [-0.4, -0.2) is 4.57 Å². The van der Waals surface area contributed by atoms with Crippen molar-refractivity contribution in [2.45, 2.75) is 115 Å². The largest absolute Gasteiger partial charge is 0.355 e. The minimum atomic E-state index is -0.499.